The molecule has 1 aromatic heterocycles. The highest BCUT2D eigenvalue weighted by molar-refractivity contribution is 6.04. The Kier molecular flexibility index (Phi) is 5.73. The summed E-state index contributed by atoms with van der Waals surface area (Å²) >= 11 is 0. The Balaban J connectivity index is 2.00. The molecule has 6 nitrogen and oxygen atoms in total. The number of rotatable bonds is 7. The number of amides is 1. The van der Waals surface area contributed by atoms with Gasteiger partial charge in [-0.05, 0) is 30.3 Å². The molecule has 0 spiro atoms. The van der Waals surface area contributed by atoms with Crippen molar-refractivity contribution in [2.75, 3.05) is 38.0 Å². The molecule has 1 heterocycles. The minimum atomic E-state index is -0.215. The molecular formula is C16H19N3O3. The molecule has 116 valence electrons. The molecule has 0 saturated heterocycles. The summed E-state index contributed by atoms with van der Waals surface area (Å²) in [7, 11) is 3.24. The lowest BCUT2D eigenvalue weighted by atomic mass is 10.2. The zero-order valence-corrected chi connectivity index (χ0v) is 12.6. The monoisotopic (exact) mass is 301 g/mol. The number of pyridine rings is 1. The van der Waals surface area contributed by atoms with Crippen molar-refractivity contribution in [3.63, 3.8) is 0 Å². The lowest BCUT2D eigenvalue weighted by molar-refractivity contribution is 0.102. The predicted octanol–water partition coefficient (Wildman–Crippen LogP) is 2.40. The summed E-state index contributed by atoms with van der Waals surface area (Å²) in [5.74, 6) is 0.525. The first-order valence-corrected chi connectivity index (χ1v) is 6.86. The molecule has 0 aliphatic heterocycles. The maximum atomic E-state index is 12.2. The Labute approximate surface area is 129 Å². The first kappa shape index (κ1) is 15.8. The summed E-state index contributed by atoms with van der Waals surface area (Å²) in [6.45, 7) is 1.24. The van der Waals surface area contributed by atoms with Gasteiger partial charge in [0.05, 0.1) is 25.0 Å². The first-order chi connectivity index (χ1) is 10.7. The molecule has 1 amide bonds. The van der Waals surface area contributed by atoms with Gasteiger partial charge in [0.1, 0.15) is 5.75 Å². The molecule has 6 heteroatoms. The molecule has 0 fully saturated rings. The van der Waals surface area contributed by atoms with E-state index in [0.717, 1.165) is 11.4 Å². The quantitative estimate of drug-likeness (QED) is 0.768. The number of carbonyl (C=O) groups excluding carboxylic acids is 1. The van der Waals surface area contributed by atoms with Crippen molar-refractivity contribution in [1.29, 1.82) is 0 Å². The second-order valence-corrected chi connectivity index (χ2v) is 4.56. The van der Waals surface area contributed by atoms with Crippen LogP contribution in [-0.4, -0.2) is 38.3 Å². The van der Waals surface area contributed by atoms with E-state index < -0.39 is 0 Å². The fraction of sp³-hybridized carbons (Fsp3) is 0.250. The molecule has 2 rings (SSSR count). The number of carbonyl (C=O) groups is 1. The molecule has 0 saturated carbocycles. The van der Waals surface area contributed by atoms with Gasteiger partial charge in [-0.2, -0.15) is 0 Å². The number of nitrogens with zero attached hydrogens (tertiary/aromatic N) is 1. The van der Waals surface area contributed by atoms with Gasteiger partial charge in [0.2, 0.25) is 0 Å². The Bertz CT molecular complexity index is 614. The van der Waals surface area contributed by atoms with E-state index in [2.05, 4.69) is 15.6 Å². The fourth-order valence-electron chi connectivity index (χ4n) is 1.84. The van der Waals surface area contributed by atoms with Gasteiger partial charge in [0.25, 0.3) is 5.91 Å². The van der Waals surface area contributed by atoms with Crippen molar-refractivity contribution >= 4 is 17.3 Å². The standard InChI is InChI=1S/C16H19N3O3/c1-21-8-7-18-14-9-12(10-17-11-14)16(20)19-13-3-5-15(22-2)6-4-13/h3-6,9-11,18H,7-8H2,1-2H3,(H,19,20). The van der Waals surface area contributed by atoms with Gasteiger partial charge in [-0.3, -0.25) is 9.78 Å². The van der Waals surface area contributed by atoms with E-state index in [-0.39, 0.29) is 5.91 Å². The third kappa shape index (κ3) is 4.46. The van der Waals surface area contributed by atoms with Crippen LogP contribution in [0.4, 0.5) is 11.4 Å². The Morgan fingerprint density at radius 2 is 1.91 bits per heavy atom. The summed E-state index contributed by atoms with van der Waals surface area (Å²) in [4.78, 5) is 16.3. The maximum Gasteiger partial charge on any atom is 0.257 e. The third-order valence-electron chi connectivity index (χ3n) is 2.98. The largest absolute Gasteiger partial charge is 0.497 e. The van der Waals surface area contributed by atoms with E-state index in [9.17, 15) is 4.79 Å². The van der Waals surface area contributed by atoms with Crippen LogP contribution in [0.5, 0.6) is 5.75 Å². The topological polar surface area (TPSA) is 72.5 Å². The smallest absolute Gasteiger partial charge is 0.257 e. The normalized spacial score (nSPS) is 10.1. The highest BCUT2D eigenvalue weighted by atomic mass is 16.5. The number of aromatic nitrogens is 1. The lowest BCUT2D eigenvalue weighted by Gasteiger charge is -2.08. The number of ether oxygens (including phenoxy) is 2. The van der Waals surface area contributed by atoms with E-state index in [1.807, 2.05) is 0 Å². The van der Waals surface area contributed by atoms with E-state index in [1.54, 1.807) is 50.7 Å². The number of hydrogen-bond acceptors (Lipinski definition) is 5. The zero-order valence-electron chi connectivity index (χ0n) is 12.6. The zero-order chi connectivity index (χ0) is 15.8. The molecule has 0 atom stereocenters. The summed E-state index contributed by atoms with van der Waals surface area (Å²) in [6, 6.07) is 8.89. The van der Waals surface area contributed by atoms with Gasteiger partial charge < -0.3 is 20.1 Å². The van der Waals surface area contributed by atoms with Gasteiger partial charge in [-0.1, -0.05) is 0 Å². The SMILES string of the molecule is COCCNc1cncc(C(=O)Nc2ccc(OC)cc2)c1. The van der Waals surface area contributed by atoms with E-state index in [1.165, 1.54) is 6.20 Å². The minimum Gasteiger partial charge on any atom is -0.497 e. The number of benzene rings is 1. The van der Waals surface area contributed by atoms with Crippen molar-refractivity contribution in [1.82, 2.24) is 4.98 Å². The van der Waals surface area contributed by atoms with Crippen LogP contribution in [0.2, 0.25) is 0 Å². The Morgan fingerprint density at radius 1 is 1.14 bits per heavy atom. The van der Waals surface area contributed by atoms with Crippen LogP contribution >= 0.6 is 0 Å². The van der Waals surface area contributed by atoms with Crippen LogP contribution in [0.1, 0.15) is 10.4 Å². The molecule has 0 unspecified atom stereocenters. The summed E-state index contributed by atoms with van der Waals surface area (Å²) in [5, 5.41) is 5.95. The number of anilines is 2. The van der Waals surface area contributed by atoms with Gasteiger partial charge in [0, 0.05) is 31.7 Å². The van der Waals surface area contributed by atoms with Crippen molar-refractivity contribution in [2.45, 2.75) is 0 Å². The Morgan fingerprint density at radius 3 is 2.59 bits per heavy atom. The van der Waals surface area contributed by atoms with Crippen LogP contribution in [-0.2, 0) is 4.74 Å². The average molecular weight is 301 g/mol. The van der Waals surface area contributed by atoms with Gasteiger partial charge >= 0.3 is 0 Å². The molecule has 0 radical (unpaired) electrons. The average Bonchev–Trinajstić information content (AvgIpc) is 2.56. The highest BCUT2D eigenvalue weighted by Crippen LogP contribution is 2.16. The molecule has 1 aromatic carbocycles. The van der Waals surface area contributed by atoms with E-state index >= 15 is 0 Å². The van der Waals surface area contributed by atoms with E-state index in [0.29, 0.717) is 24.4 Å². The number of nitrogens with one attached hydrogen (secondary N) is 2. The predicted molar refractivity (Wildman–Crippen MR) is 85.5 cm³/mol. The summed E-state index contributed by atoms with van der Waals surface area (Å²) < 4.78 is 10.0. The van der Waals surface area contributed by atoms with Crippen molar-refractivity contribution < 1.29 is 14.3 Å². The molecule has 2 N–H and O–H groups in total. The van der Waals surface area contributed by atoms with Crippen LogP contribution in [0.3, 0.4) is 0 Å². The molecule has 0 aliphatic carbocycles. The second kappa shape index (κ2) is 7.99. The minimum absolute atomic E-state index is 0.215. The van der Waals surface area contributed by atoms with Crippen LogP contribution in [0.15, 0.2) is 42.7 Å². The van der Waals surface area contributed by atoms with Crippen molar-refractivity contribution in [3.8, 4) is 5.75 Å². The van der Waals surface area contributed by atoms with E-state index in [4.69, 9.17) is 9.47 Å². The third-order valence-corrected chi connectivity index (χ3v) is 2.98. The van der Waals surface area contributed by atoms with Crippen LogP contribution in [0, 0.1) is 0 Å². The second-order valence-electron chi connectivity index (χ2n) is 4.56. The maximum absolute atomic E-state index is 12.2. The number of methoxy groups -OCH3 is 2. The molecule has 2 aromatic rings. The fourth-order valence-corrected chi connectivity index (χ4v) is 1.84. The molecule has 0 bridgehead atoms. The lowest BCUT2D eigenvalue weighted by Crippen LogP contribution is -2.13. The highest BCUT2D eigenvalue weighted by Gasteiger charge is 2.07. The molecular weight excluding hydrogens is 282 g/mol. The van der Waals surface area contributed by atoms with Crippen molar-refractivity contribution in [3.05, 3.63) is 48.3 Å². The van der Waals surface area contributed by atoms with Crippen molar-refractivity contribution in [2.24, 2.45) is 0 Å². The van der Waals surface area contributed by atoms with Crippen LogP contribution in [0.25, 0.3) is 0 Å². The summed E-state index contributed by atoms with van der Waals surface area (Å²) in [5.41, 5.74) is 1.96. The van der Waals surface area contributed by atoms with Gasteiger partial charge in [-0.25, -0.2) is 0 Å². The molecule has 22 heavy (non-hydrogen) atoms. The Hall–Kier alpha value is -2.60. The van der Waals surface area contributed by atoms with Gasteiger partial charge in [-0.15, -0.1) is 0 Å². The van der Waals surface area contributed by atoms with Gasteiger partial charge in [0.15, 0.2) is 0 Å². The number of hydrogen-bond donors (Lipinski definition) is 2. The first-order valence-electron chi connectivity index (χ1n) is 6.86. The molecule has 0 aliphatic rings. The summed E-state index contributed by atoms with van der Waals surface area (Å²) in [6.07, 6.45) is 3.19. The van der Waals surface area contributed by atoms with Crippen LogP contribution < -0.4 is 15.4 Å².